The Morgan fingerprint density at radius 2 is 2.24 bits per heavy atom. The summed E-state index contributed by atoms with van der Waals surface area (Å²) in [6.45, 7) is 0.339. The molecule has 1 aromatic rings. The Kier molecular flexibility index (Phi) is 3.35. The fraction of sp³-hybridized carbons (Fsp3) is 0.417. The lowest BCUT2D eigenvalue weighted by atomic mass is 9.76. The molecule has 2 rings (SSSR count). The first-order chi connectivity index (χ1) is 8.03. The first-order valence-corrected chi connectivity index (χ1v) is 5.84. The SMILES string of the molecule is O=C(O)C1(NCc2ccc(F)cc2Cl)CCC1. The Hall–Kier alpha value is -1.13. The molecule has 1 aliphatic rings. The van der Waals surface area contributed by atoms with Gasteiger partial charge in [-0.05, 0) is 37.0 Å². The summed E-state index contributed by atoms with van der Waals surface area (Å²) in [5, 5.41) is 12.4. The van der Waals surface area contributed by atoms with Crippen LogP contribution in [0.3, 0.4) is 0 Å². The molecule has 92 valence electrons. The van der Waals surface area contributed by atoms with Crippen LogP contribution in [0.15, 0.2) is 18.2 Å². The third-order valence-electron chi connectivity index (χ3n) is 3.25. The molecule has 0 aliphatic heterocycles. The summed E-state index contributed by atoms with van der Waals surface area (Å²) in [4.78, 5) is 11.1. The van der Waals surface area contributed by atoms with E-state index >= 15 is 0 Å². The summed E-state index contributed by atoms with van der Waals surface area (Å²) in [6.07, 6.45) is 2.17. The van der Waals surface area contributed by atoms with E-state index < -0.39 is 17.3 Å². The molecular weight excluding hydrogens is 245 g/mol. The number of halogens is 2. The standard InChI is InChI=1S/C12H13ClFNO2/c13-10-6-9(14)3-2-8(10)7-15-12(11(16)17)4-1-5-12/h2-3,6,15H,1,4-5,7H2,(H,16,17). The lowest BCUT2D eigenvalue weighted by Gasteiger charge is -2.38. The summed E-state index contributed by atoms with van der Waals surface area (Å²) < 4.78 is 12.8. The average molecular weight is 258 g/mol. The maximum atomic E-state index is 12.8. The molecule has 2 N–H and O–H groups in total. The number of rotatable bonds is 4. The highest BCUT2D eigenvalue weighted by molar-refractivity contribution is 6.31. The van der Waals surface area contributed by atoms with Crippen molar-refractivity contribution in [2.24, 2.45) is 0 Å². The van der Waals surface area contributed by atoms with Gasteiger partial charge in [-0.3, -0.25) is 10.1 Å². The smallest absolute Gasteiger partial charge is 0.323 e. The highest BCUT2D eigenvalue weighted by Crippen LogP contribution is 2.32. The van der Waals surface area contributed by atoms with Gasteiger partial charge in [-0.25, -0.2) is 4.39 Å². The zero-order valence-corrected chi connectivity index (χ0v) is 9.93. The molecule has 0 saturated heterocycles. The van der Waals surface area contributed by atoms with E-state index in [-0.39, 0.29) is 0 Å². The topological polar surface area (TPSA) is 49.3 Å². The van der Waals surface area contributed by atoms with Crippen LogP contribution >= 0.6 is 11.6 Å². The lowest BCUT2D eigenvalue weighted by Crippen LogP contribution is -2.56. The minimum Gasteiger partial charge on any atom is -0.480 e. The molecule has 5 heteroatoms. The number of carboxylic acid groups (broad SMARTS) is 1. The van der Waals surface area contributed by atoms with Gasteiger partial charge in [-0.2, -0.15) is 0 Å². The molecule has 1 aromatic carbocycles. The van der Waals surface area contributed by atoms with Crippen LogP contribution in [0.4, 0.5) is 4.39 Å². The van der Waals surface area contributed by atoms with Gasteiger partial charge >= 0.3 is 5.97 Å². The molecule has 17 heavy (non-hydrogen) atoms. The Balaban J connectivity index is 2.04. The van der Waals surface area contributed by atoms with Crippen molar-refractivity contribution in [2.45, 2.75) is 31.3 Å². The van der Waals surface area contributed by atoms with E-state index in [0.717, 1.165) is 6.42 Å². The minimum atomic E-state index is -0.831. The van der Waals surface area contributed by atoms with Crippen LogP contribution in [0.25, 0.3) is 0 Å². The Bertz CT molecular complexity index is 446. The third kappa shape index (κ3) is 2.42. The number of aliphatic carboxylic acids is 1. The van der Waals surface area contributed by atoms with Gasteiger partial charge < -0.3 is 5.11 Å². The van der Waals surface area contributed by atoms with Crippen LogP contribution in [0.5, 0.6) is 0 Å². The summed E-state index contributed by atoms with van der Waals surface area (Å²) in [6, 6.07) is 4.11. The molecule has 3 nitrogen and oxygen atoms in total. The number of benzene rings is 1. The zero-order chi connectivity index (χ0) is 12.5. The van der Waals surface area contributed by atoms with Crippen LogP contribution in [0.2, 0.25) is 5.02 Å². The summed E-state index contributed by atoms with van der Waals surface area (Å²) >= 11 is 5.87. The Labute approximate surface area is 104 Å². The van der Waals surface area contributed by atoms with Gasteiger partial charge in [0, 0.05) is 11.6 Å². The van der Waals surface area contributed by atoms with E-state index in [9.17, 15) is 9.18 Å². The number of carboxylic acids is 1. The molecule has 0 amide bonds. The molecule has 0 bridgehead atoms. The Morgan fingerprint density at radius 1 is 1.53 bits per heavy atom. The van der Waals surface area contributed by atoms with E-state index in [1.807, 2.05) is 0 Å². The summed E-state index contributed by atoms with van der Waals surface area (Å²) in [5.41, 5.74) is -0.113. The largest absolute Gasteiger partial charge is 0.480 e. The van der Waals surface area contributed by atoms with Crippen molar-refractivity contribution in [3.05, 3.63) is 34.6 Å². The quantitative estimate of drug-likeness (QED) is 0.872. The number of carbonyl (C=O) groups is 1. The molecule has 0 aromatic heterocycles. The fourth-order valence-corrected chi connectivity index (χ4v) is 2.16. The van der Waals surface area contributed by atoms with Crippen LogP contribution in [0.1, 0.15) is 24.8 Å². The molecule has 1 saturated carbocycles. The molecule has 0 heterocycles. The van der Waals surface area contributed by atoms with Crippen molar-refractivity contribution in [3.8, 4) is 0 Å². The average Bonchev–Trinajstić information content (AvgIpc) is 2.18. The number of nitrogens with one attached hydrogen (secondary N) is 1. The molecule has 0 radical (unpaired) electrons. The van der Waals surface area contributed by atoms with E-state index in [1.165, 1.54) is 12.1 Å². The van der Waals surface area contributed by atoms with Crippen molar-refractivity contribution < 1.29 is 14.3 Å². The second-order valence-electron chi connectivity index (χ2n) is 4.33. The molecule has 0 spiro atoms. The third-order valence-corrected chi connectivity index (χ3v) is 3.60. The van der Waals surface area contributed by atoms with Gasteiger partial charge in [-0.15, -0.1) is 0 Å². The zero-order valence-electron chi connectivity index (χ0n) is 9.17. The van der Waals surface area contributed by atoms with Crippen molar-refractivity contribution in [3.63, 3.8) is 0 Å². The summed E-state index contributed by atoms with van der Waals surface area (Å²) in [5.74, 6) is -1.22. The molecule has 1 fully saturated rings. The highest BCUT2D eigenvalue weighted by Gasteiger charge is 2.43. The molecule has 0 unspecified atom stereocenters. The van der Waals surface area contributed by atoms with Gasteiger partial charge in [0.05, 0.1) is 0 Å². The second-order valence-corrected chi connectivity index (χ2v) is 4.74. The first-order valence-electron chi connectivity index (χ1n) is 5.46. The number of hydrogen-bond acceptors (Lipinski definition) is 2. The minimum absolute atomic E-state index is 0.317. The van der Waals surface area contributed by atoms with E-state index in [1.54, 1.807) is 6.07 Å². The molecule has 1 aliphatic carbocycles. The Morgan fingerprint density at radius 3 is 2.71 bits per heavy atom. The highest BCUT2D eigenvalue weighted by atomic mass is 35.5. The number of hydrogen-bond donors (Lipinski definition) is 2. The van der Waals surface area contributed by atoms with Crippen molar-refractivity contribution in [1.82, 2.24) is 5.32 Å². The van der Waals surface area contributed by atoms with Crippen molar-refractivity contribution in [1.29, 1.82) is 0 Å². The van der Waals surface area contributed by atoms with Gasteiger partial charge in [0.2, 0.25) is 0 Å². The van der Waals surface area contributed by atoms with Crippen molar-refractivity contribution >= 4 is 17.6 Å². The van der Waals surface area contributed by atoms with Gasteiger partial charge in [-0.1, -0.05) is 17.7 Å². The van der Waals surface area contributed by atoms with Crippen LogP contribution < -0.4 is 5.32 Å². The second kappa shape index (κ2) is 4.63. The molecule has 0 atom stereocenters. The van der Waals surface area contributed by atoms with Crippen LogP contribution in [0, 0.1) is 5.82 Å². The van der Waals surface area contributed by atoms with E-state index in [0.29, 0.717) is 30.0 Å². The maximum absolute atomic E-state index is 12.8. The van der Waals surface area contributed by atoms with Crippen LogP contribution in [-0.4, -0.2) is 16.6 Å². The maximum Gasteiger partial charge on any atom is 0.323 e. The van der Waals surface area contributed by atoms with Gasteiger partial charge in [0.15, 0.2) is 0 Å². The molecular formula is C12H13ClFNO2. The normalized spacial score (nSPS) is 17.5. The first kappa shape index (κ1) is 12.3. The predicted molar refractivity (Wildman–Crippen MR) is 62.5 cm³/mol. The van der Waals surface area contributed by atoms with Gasteiger partial charge in [0.25, 0.3) is 0 Å². The van der Waals surface area contributed by atoms with Gasteiger partial charge in [0.1, 0.15) is 11.4 Å². The predicted octanol–water partition coefficient (Wildman–Crippen LogP) is 2.58. The van der Waals surface area contributed by atoms with E-state index in [4.69, 9.17) is 16.7 Å². The lowest BCUT2D eigenvalue weighted by molar-refractivity contribution is -0.148. The van der Waals surface area contributed by atoms with Crippen molar-refractivity contribution in [2.75, 3.05) is 0 Å². The summed E-state index contributed by atoms with van der Waals surface area (Å²) in [7, 11) is 0. The van der Waals surface area contributed by atoms with E-state index in [2.05, 4.69) is 5.32 Å². The monoisotopic (exact) mass is 257 g/mol. The van der Waals surface area contributed by atoms with Crippen LogP contribution in [-0.2, 0) is 11.3 Å². The fourth-order valence-electron chi connectivity index (χ4n) is 1.93.